The molecule has 0 spiro atoms. The Labute approximate surface area is 254 Å². The van der Waals surface area contributed by atoms with E-state index in [0.29, 0.717) is 24.2 Å². The molecular formula is C34H40N8O2+6. The van der Waals surface area contributed by atoms with Gasteiger partial charge < -0.3 is 21.3 Å². The molecular weight excluding hydrogens is 552 g/mol. The lowest BCUT2D eigenvalue weighted by Gasteiger charge is -2.06. The Kier molecular flexibility index (Phi) is 8.62. The van der Waals surface area contributed by atoms with Gasteiger partial charge in [-0.25, -0.2) is 0 Å². The number of carbonyl (C=O) groups excluding carboxylic acids is 2. The minimum Gasteiger partial charge on any atom is -0.346 e. The highest BCUT2D eigenvalue weighted by molar-refractivity contribution is 6.04. The molecule has 10 nitrogen and oxygen atoms in total. The fourth-order valence-corrected chi connectivity index (χ4v) is 5.67. The second-order valence-corrected chi connectivity index (χ2v) is 11.2. The molecule has 0 radical (unpaired) electrons. The number of quaternary nitrogens is 2. The van der Waals surface area contributed by atoms with E-state index in [1.165, 1.54) is 0 Å². The van der Waals surface area contributed by atoms with Crippen LogP contribution in [0.4, 0.5) is 0 Å². The second kappa shape index (κ2) is 13.1. The van der Waals surface area contributed by atoms with E-state index in [1.54, 1.807) is 0 Å². The molecule has 6 rings (SSSR count). The van der Waals surface area contributed by atoms with Crippen molar-refractivity contribution in [2.24, 2.45) is 0 Å². The Balaban J connectivity index is 0.917. The van der Waals surface area contributed by atoms with E-state index in [-0.39, 0.29) is 11.8 Å². The Morgan fingerprint density at radius 1 is 0.523 bits per heavy atom. The molecule has 0 saturated heterocycles. The van der Waals surface area contributed by atoms with E-state index < -0.39 is 0 Å². The maximum Gasteiger partial charge on any atom is 0.289 e. The van der Waals surface area contributed by atoms with Crippen molar-refractivity contribution >= 4 is 55.9 Å². The zero-order valence-corrected chi connectivity index (χ0v) is 25.1. The highest BCUT2D eigenvalue weighted by Crippen LogP contribution is 2.16. The normalized spacial score (nSPS) is 11.4. The number of hydrogen-bond acceptors (Lipinski definition) is 2. The van der Waals surface area contributed by atoms with Gasteiger partial charge >= 0.3 is 0 Å². The molecule has 6 aromatic rings. The van der Waals surface area contributed by atoms with Gasteiger partial charge in [-0.3, -0.25) is 9.59 Å². The van der Waals surface area contributed by atoms with Crippen LogP contribution in [0.5, 0.6) is 0 Å². The van der Waals surface area contributed by atoms with Crippen LogP contribution in [-0.4, -0.2) is 51.1 Å². The van der Waals surface area contributed by atoms with Gasteiger partial charge in [-0.1, -0.05) is 36.4 Å². The number of aromatic amines is 4. The number of fused-ring (bicyclic) bond motifs is 4. The van der Waals surface area contributed by atoms with E-state index in [0.717, 1.165) is 81.4 Å². The third kappa shape index (κ3) is 6.17. The summed E-state index contributed by atoms with van der Waals surface area (Å²) in [5.74, 6) is -0.178. The number of carbonyl (C=O) groups is 2. The molecule has 2 amide bonds. The molecule has 10 heteroatoms. The summed E-state index contributed by atoms with van der Waals surface area (Å²) in [6.07, 6.45) is 0. The number of amides is 2. The minimum atomic E-state index is -0.0890. The molecule has 0 unspecified atom stereocenters. The second-order valence-electron chi connectivity index (χ2n) is 11.2. The van der Waals surface area contributed by atoms with Crippen molar-refractivity contribution in [1.82, 2.24) is 10.6 Å². The third-order valence-electron chi connectivity index (χ3n) is 8.05. The maximum absolute atomic E-state index is 13.0. The first kappa shape index (κ1) is 29.0. The molecule has 0 aliphatic heterocycles. The van der Waals surface area contributed by atoms with Gasteiger partial charge in [-0.05, 0) is 26.0 Å². The van der Waals surface area contributed by atoms with Gasteiger partial charge in [0.2, 0.25) is 0 Å². The average Bonchev–Trinajstić information content (AvgIpc) is 3.03. The van der Waals surface area contributed by atoms with Gasteiger partial charge in [-0.2, -0.15) is 19.9 Å². The van der Waals surface area contributed by atoms with Crippen LogP contribution >= 0.6 is 0 Å². The van der Waals surface area contributed by atoms with Crippen molar-refractivity contribution in [3.05, 3.63) is 95.1 Å². The molecule has 0 aliphatic carbocycles. The SMILES string of the molecule is Cc1cccc2[nH+]c3cccc(C(=O)NCC[NH2+]CC[NH2+]CCNC(=O)c4cccc5[nH+]c6cccc(C)c6[nH+]c45)c3[nH+]c12. The number of aromatic nitrogens is 4. The highest BCUT2D eigenvalue weighted by atomic mass is 16.2. The van der Waals surface area contributed by atoms with Gasteiger partial charge in [0.15, 0.2) is 0 Å². The van der Waals surface area contributed by atoms with Gasteiger partial charge in [0.25, 0.3) is 55.9 Å². The lowest BCUT2D eigenvalue weighted by atomic mass is 10.1. The molecule has 2 aromatic heterocycles. The van der Waals surface area contributed by atoms with Crippen molar-refractivity contribution in [3.8, 4) is 0 Å². The maximum atomic E-state index is 13.0. The Morgan fingerprint density at radius 3 is 1.34 bits per heavy atom. The first-order valence-corrected chi connectivity index (χ1v) is 15.2. The summed E-state index contributed by atoms with van der Waals surface area (Å²) >= 11 is 0. The number of aryl methyl sites for hydroxylation is 2. The van der Waals surface area contributed by atoms with Crippen molar-refractivity contribution in [1.29, 1.82) is 0 Å². The fraction of sp³-hybridized carbons (Fsp3) is 0.235. The lowest BCUT2D eigenvalue weighted by Crippen LogP contribution is -2.96. The van der Waals surface area contributed by atoms with E-state index in [2.05, 4.69) is 67.2 Å². The smallest absolute Gasteiger partial charge is 0.289 e. The van der Waals surface area contributed by atoms with Gasteiger partial charge in [-0.15, -0.1) is 0 Å². The van der Waals surface area contributed by atoms with Crippen LogP contribution in [0.2, 0.25) is 0 Å². The Bertz CT molecular complexity index is 1860. The van der Waals surface area contributed by atoms with Crippen LogP contribution in [0.15, 0.2) is 72.8 Å². The number of nitrogens with one attached hydrogen (secondary N) is 6. The molecule has 0 bridgehead atoms. The number of hydrogen-bond donors (Lipinski definition) is 4. The van der Waals surface area contributed by atoms with Crippen molar-refractivity contribution < 1.29 is 40.2 Å². The first-order valence-electron chi connectivity index (χ1n) is 15.2. The van der Waals surface area contributed by atoms with Crippen molar-refractivity contribution in [3.63, 3.8) is 0 Å². The van der Waals surface area contributed by atoms with E-state index in [1.807, 2.05) is 60.7 Å². The number of H-pyrrole nitrogens is 4. The molecule has 222 valence electrons. The average molecular weight is 593 g/mol. The summed E-state index contributed by atoms with van der Waals surface area (Å²) in [5, 5.41) is 10.5. The van der Waals surface area contributed by atoms with Crippen LogP contribution in [0.1, 0.15) is 31.8 Å². The quantitative estimate of drug-likeness (QED) is 0.118. The van der Waals surface area contributed by atoms with Crippen LogP contribution in [0.25, 0.3) is 44.1 Å². The fourth-order valence-electron chi connectivity index (χ4n) is 5.67. The topological polar surface area (TPSA) is 148 Å². The summed E-state index contributed by atoms with van der Waals surface area (Å²) in [5.41, 5.74) is 10.9. The predicted molar refractivity (Wildman–Crippen MR) is 167 cm³/mol. The molecule has 44 heavy (non-hydrogen) atoms. The van der Waals surface area contributed by atoms with Crippen LogP contribution < -0.4 is 41.2 Å². The molecule has 0 saturated carbocycles. The van der Waals surface area contributed by atoms with Crippen molar-refractivity contribution in [2.75, 3.05) is 39.3 Å². The molecule has 10 N–H and O–H groups in total. The molecule has 2 heterocycles. The van der Waals surface area contributed by atoms with Gasteiger partial charge in [0.05, 0.1) is 26.2 Å². The lowest BCUT2D eigenvalue weighted by molar-refractivity contribution is -0.721. The Hall–Kier alpha value is -5.06. The monoisotopic (exact) mass is 592 g/mol. The Morgan fingerprint density at radius 2 is 0.909 bits per heavy atom. The largest absolute Gasteiger partial charge is 0.346 e. The van der Waals surface area contributed by atoms with E-state index in [4.69, 9.17) is 0 Å². The summed E-state index contributed by atoms with van der Waals surface area (Å²) in [6, 6.07) is 23.6. The number of rotatable bonds is 11. The zero-order valence-electron chi connectivity index (χ0n) is 25.1. The number of nitrogens with two attached hydrogens (primary N) is 2. The first-order chi connectivity index (χ1) is 21.5. The molecule has 4 aromatic carbocycles. The van der Waals surface area contributed by atoms with Gasteiger partial charge in [0.1, 0.15) is 24.2 Å². The molecule has 0 atom stereocenters. The highest BCUT2D eigenvalue weighted by Gasteiger charge is 2.23. The number of benzene rings is 4. The summed E-state index contributed by atoms with van der Waals surface area (Å²) in [7, 11) is 0. The van der Waals surface area contributed by atoms with E-state index >= 15 is 0 Å². The van der Waals surface area contributed by atoms with Crippen LogP contribution in [0, 0.1) is 13.8 Å². The minimum absolute atomic E-state index is 0.0890. The molecule has 0 fully saturated rings. The van der Waals surface area contributed by atoms with Gasteiger partial charge in [0, 0.05) is 35.4 Å². The third-order valence-corrected chi connectivity index (χ3v) is 8.05. The van der Waals surface area contributed by atoms with Crippen LogP contribution in [-0.2, 0) is 0 Å². The zero-order chi connectivity index (χ0) is 30.5. The summed E-state index contributed by atoms with van der Waals surface area (Å²) in [6.45, 7) is 8.70. The number of para-hydroxylation sites is 4. The predicted octanol–water partition coefficient (Wildman–Crippen LogP) is -0.541. The molecule has 0 aliphatic rings. The summed E-state index contributed by atoms with van der Waals surface area (Å²) in [4.78, 5) is 39.8. The standard InChI is InChI=1S/C34H34N8O2/c1-21-7-3-11-25-29(21)41-31-23(9-5-13-27(31)39-25)33(43)37-19-17-35-15-16-36-18-20-38-34(44)24-10-6-14-28-32(24)42-30-22(2)8-4-12-26(30)40-28/h3-14,35-36H,15-20H2,1-2H3,(H,37,43)(H,38,44)/p+6. The van der Waals surface area contributed by atoms with Crippen LogP contribution in [0.3, 0.4) is 0 Å². The van der Waals surface area contributed by atoms with Crippen molar-refractivity contribution in [2.45, 2.75) is 13.8 Å². The summed E-state index contributed by atoms with van der Waals surface area (Å²) < 4.78 is 0. The van der Waals surface area contributed by atoms with E-state index in [9.17, 15) is 9.59 Å².